The van der Waals surface area contributed by atoms with E-state index in [0.717, 1.165) is 35.5 Å². The zero-order valence-corrected chi connectivity index (χ0v) is 24.0. The van der Waals surface area contributed by atoms with Gasteiger partial charge in [0, 0.05) is 15.4 Å². The summed E-state index contributed by atoms with van der Waals surface area (Å²) in [6, 6.07) is 25.0. The van der Waals surface area contributed by atoms with Crippen LogP contribution in [-0.4, -0.2) is 30.0 Å². The molecule has 3 aromatic carbocycles. The Balaban J connectivity index is 1.68. The minimum absolute atomic E-state index is 0.0596. The number of nitrogens with zero attached hydrogens (tertiary/aromatic N) is 2. The quantitative estimate of drug-likeness (QED) is 0.0287. The number of nitriles is 1. The molecule has 0 radical (unpaired) electrons. The molecular formula is C33H32N2O5S. The Hall–Kier alpha value is -4.48. The molecule has 0 spiro atoms. The van der Waals surface area contributed by atoms with Crippen molar-refractivity contribution in [1.82, 2.24) is 0 Å². The van der Waals surface area contributed by atoms with E-state index in [1.54, 1.807) is 49.4 Å². The number of ketones is 1. The summed E-state index contributed by atoms with van der Waals surface area (Å²) < 4.78 is 4.90. The van der Waals surface area contributed by atoms with Gasteiger partial charge in [-0.2, -0.15) is 5.26 Å². The fourth-order valence-electron chi connectivity index (χ4n) is 3.76. The Morgan fingerprint density at radius 1 is 0.854 bits per heavy atom. The van der Waals surface area contributed by atoms with Gasteiger partial charge < -0.3 is 9.57 Å². The van der Waals surface area contributed by atoms with Gasteiger partial charge in [-0.15, -0.1) is 0 Å². The number of benzene rings is 3. The third-order valence-corrected chi connectivity index (χ3v) is 6.95. The van der Waals surface area contributed by atoms with Gasteiger partial charge >= 0.3 is 11.9 Å². The lowest BCUT2D eigenvalue weighted by atomic mass is 10.0. The molecule has 0 aliphatic heterocycles. The first-order chi connectivity index (χ1) is 19.9. The highest BCUT2D eigenvalue weighted by atomic mass is 32.2. The maximum absolute atomic E-state index is 13.3. The molecule has 0 atom stereocenters. The van der Waals surface area contributed by atoms with E-state index in [1.807, 2.05) is 42.5 Å². The van der Waals surface area contributed by atoms with Crippen LogP contribution in [0.25, 0.3) is 6.08 Å². The first-order valence-corrected chi connectivity index (χ1v) is 14.3. The lowest BCUT2D eigenvalue weighted by molar-refractivity contribution is -0.137. The highest BCUT2D eigenvalue weighted by Gasteiger charge is 2.17. The molecule has 210 valence electrons. The third kappa shape index (κ3) is 9.89. The number of ether oxygens (including phenoxy) is 1. The van der Waals surface area contributed by atoms with Crippen molar-refractivity contribution in [3.8, 4) is 6.07 Å². The van der Waals surface area contributed by atoms with Crippen molar-refractivity contribution in [3.05, 3.63) is 101 Å². The van der Waals surface area contributed by atoms with Crippen LogP contribution in [0.2, 0.25) is 0 Å². The second-order valence-corrected chi connectivity index (χ2v) is 10.2. The molecule has 0 saturated heterocycles. The molecule has 0 fully saturated rings. The van der Waals surface area contributed by atoms with Crippen LogP contribution in [0.5, 0.6) is 0 Å². The molecule has 7 nitrogen and oxygen atoms in total. The molecule has 0 N–H and O–H groups in total. The summed E-state index contributed by atoms with van der Waals surface area (Å²) in [6.45, 7) is 4.00. The van der Waals surface area contributed by atoms with E-state index < -0.39 is 11.9 Å². The first-order valence-electron chi connectivity index (χ1n) is 13.5. The van der Waals surface area contributed by atoms with Gasteiger partial charge in [0.25, 0.3) is 0 Å². The van der Waals surface area contributed by atoms with Crippen molar-refractivity contribution in [2.75, 3.05) is 6.61 Å². The Kier molecular flexibility index (Phi) is 12.6. The predicted octanol–water partition coefficient (Wildman–Crippen LogP) is 7.67. The normalized spacial score (nSPS) is 11.4. The second kappa shape index (κ2) is 16.6. The molecule has 3 aromatic rings. The largest absolute Gasteiger partial charge is 0.462 e. The Morgan fingerprint density at radius 3 is 2.12 bits per heavy atom. The Bertz CT molecular complexity index is 1420. The van der Waals surface area contributed by atoms with Gasteiger partial charge in [-0.05, 0) is 79.9 Å². The molecule has 8 heteroatoms. The SMILES string of the molecule is CCCCCCC(=NOC(=O)c1ccccc1)C(=O)c1ccc(Sc2ccc(C=C(C#N)C(=O)OCC)cc2)cc1. The average molecular weight is 569 g/mol. The number of carbonyl (C=O) groups is 3. The molecule has 0 unspecified atom stereocenters. The van der Waals surface area contributed by atoms with Gasteiger partial charge in [0.2, 0.25) is 5.78 Å². The van der Waals surface area contributed by atoms with Gasteiger partial charge in [-0.3, -0.25) is 4.79 Å². The Labute approximate surface area is 244 Å². The van der Waals surface area contributed by atoms with Crippen LogP contribution < -0.4 is 0 Å². The van der Waals surface area contributed by atoms with Crippen molar-refractivity contribution in [2.24, 2.45) is 5.16 Å². The molecule has 0 aliphatic carbocycles. The standard InChI is InChI=1S/C33H32N2O5S/c1-3-5-6-10-13-30(35-40-33(38)26-11-8-7-9-12-26)31(36)25-16-20-29(21-17-25)41-28-18-14-24(15-19-28)22-27(23-34)32(37)39-4-2/h7-9,11-12,14-22H,3-6,10,13H2,1-2H3. The summed E-state index contributed by atoms with van der Waals surface area (Å²) in [5.41, 5.74) is 1.69. The van der Waals surface area contributed by atoms with E-state index in [9.17, 15) is 19.6 Å². The van der Waals surface area contributed by atoms with Crippen molar-refractivity contribution < 1.29 is 24.0 Å². The highest BCUT2D eigenvalue weighted by Crippen LogP contribution is 2.28. The summed E-state index contributed by atoms with van der Waals surface area (Å²) in [7, 11) is 0. The lowest BCUT2D eigenvalue weighted by Gasteiger charge is -2.07. The maximum atomic E-state index is 13.3. The molecule has 41 heavy (non-hydrogen) atoms. The smallest absolute Gasteiger partial charge is 0.365 e. The Morgan fingerprint density at radius 2 is 1.51 bits per heavy atom. The predicted molar refractivity (Wildman–Crippen MR) is 160 cm³/mol. The number of hydrogen-bond donors (Lipinski definition) is 0. The topological polar surface area (TPSA) is 106 Å². The number of oxime groups is 1. The van der Waals surface area contributed by atoms with Gasteiger partial charge in [0.05, 0.1) is 12.2 Å². The van der Waals surface area contributed by atoms with Crippen LogP contribution in [0.4, 0.5) is 0 Å². The van der Waals surface area contributed by atoms with Gasteiger partial charge in [-0.1, -0.05) is 73.4 Å². The highest BCUT2D eigenvalue weighted by molar-refractivity contribution is 7.99. The van der Waals surface area contributed by atoms with Gasteiger partial charge in [0.1, 0.15) is 17.4 Å². The van der Waals surface area contributed by atoms with Crippen LogP contribution in [0.15, 0.2) is 99.4 Å². The number of esters is 1. The van der Waals surface area contributed by atoms with Crippen molar-refractivity contribution in [2.45, 2.75) is 55.7 Å². The van der Waals surface area contributed by atoms with E-state index in [1.165, 1.54) is 17.8 Å². The van der Waals surface area contributed by atoms with E-state index in [0.29, 0.717) is 23.1 Å². The van der Waals surface area contributed by atoms with Crippen LogP contribution in [0.1, 0.15) is 72.2 Å². The zero-order valence-electron chi connectivity index (χ0n) is 23.2. The molecular weight excluding hydrogens is 536 g/mol. The molecule has 0 amide bonds. The van der Waals surface area contributed by atoms with E-state index in [4.69, 9.17) is 9.57 Å². The summed E-state index contributed by atoms with van der Waals surface area (Å²) in [5.74, 6) is -1.53. The number of carbonyl (C=O) groups excluding carboxylic acids is 3. The minimum Gasteiger partial charge on any atom is -0.462 e. The number of rotatable bonds is 14. The molecule has 0 heterocycles. The summed E-state index contributed by atoms with van der Waals surface area (Å²) in [4.78, 5) is 44.5. The van der Waals surface area contributed by atoms with Crippen molar-refractivity contribution in [3.63, 3.8) is 0 Å². The van der Waals surface area contributed by atoms with Gasteiger partial charge in [0.15, 0.2) is 0 Å². The van der Waals surface area contributed by atoms with Crippen molar-refractivity contribution >= 4 is 41.3 Å². The van der Waals surface area contributed by atoms with Crippen LogP contribution in [0, 0.1) is 11.3 Å². The maximum Gasteiger partial charge on any atom is 0.365 e. The summed E-state index contributed by atoms with van der Waals surface area (Å²) >= 11 is 1.51. The average Bonchev–Trinajstić information content (AvgIpc) is 3.00. The molecule has 0 aromatic heterocycles. The second-order valence-electron chi connectivity index (χ2n) is 9.01. The number of unbranched alkanes of at least 4 members (excludes halogenated alkanes) is 3. The number of hydrogen-bond acceptors (Lipinski definition) is 8. The third-order valence-electron chi connectivity index (χ3n) is 5.94. The van der Waals surface area contributed by atoms with E-state index in [2.05, 4.69) is 12.1 Å². The van der Waals surface area contributed by atoms with Gasteiger partial charge in [-0.25, -0.2) is 9.59 Å². The summed E-state index contributed by atoms with van der Waals surface area (Å²) in [6.07, 6.45) is 5.76. The van der Waals surface area contributed by atoms with E-state index >= 15 is 0 Å². The molecule has 0 saturated carbocycles. The molecule has 3 rings (SSSR count). The lowest BCUT2D eigenvalue weighted by Crippen LogP contribution is -2.16. The minimum atomic E-state index is -0.647. The van der Waals surface area contributed by atoms with Crippen molar-refractivity contribution in [1.29, 1.82) is 5.26 Å². The fraction of sp³-hybridized carbons (Fsp3) is 0.242. The summed E-state index contributed by atoms with van der Waals surface area (Å²) in [5, 5.41) is 13.2. The van der Waals surface area contributed by atoms with Crippen LogP contribution in [-0.2, 0) is 14.4 Å². The fourth-order valence-corrected chi connectivity index (χ4v) is 4.58. The van der Waals surface area contributed by atoms with E-state index in [-0.39, 0.29) is 23.7 Å². The zero-order chi connectivity index (χ0) is 29.5. The van der Waals surface area contributed by atoms with Crippen LogP contribution in [0.3, 0.4) is 0 Å². The monoisotopic (exact) mass is 568 g/mol. The van der Waals surface area contributed by atoms with Crippen LogP contribution >= 0.6 is 11.8 Å². The molecule has 0 bridgehead atoms. The molecule has 0 aliphatic rings. The number of Topliss-reactive ketones (excluding diaryl/α,β-unsaturated/α-hetero) is 1. The first kappa shape index (κ1) is 31.1.